The standard InChI is InChI=1S/C31H34N10O2/c1-20-24-18-33-31(35-29(24)41(22-7-3-4-8-22)30(43)28(20)21(2)42)34-27-12-11-23(17-32-27)39-15-13-38(14-16-39)19-40-26-10-6-5-9-25(26)36-37-40/h5-6,9-12,17-18,22H,3-4,7-8,13-16,19H2,1-2H3,(H,32,33,34,35). The van der Waals surface area contributed by atoms with Gasteiger partial charge in [0.05, 0.1) is 29.6 Å². The predicted molar refractivity (Wildman–Crippen MR) is 165 cm³/mol. The van der Waals surface area contributed by atoms with Crippen molar-refractivity contribution in [3.05, 3.63) is 70.3 Å². The molecule has 0 atom stereocenters. The van der Waals surface area contributed by atoms with Gasteiger partial charge in [0.25, 0.3) is 5.56 Å². The molecule has 0 spiro atoms. The molecule has 12 heteroatoms. The maximum atomic E-state index is 13.5. The molecule has 0 amide bonds. The topological polar surface area (TPSA) is 127 Å². The number of para-hydroxylation sites is 1. The number of aromatic nitrogens is 7. The van der Waals surface area contributed by atoms with E-state index in [1.807, 2.05) is 35.1 Å². The van der Waals surface area contributed by atoms with E-state index in [4.69, 9.17) is 4.98 Å². The van der Waals surface area contributed by atoms with Crippen molar-refractivity contribution in [2.45, 2.75) is 52.2 Å². The molecule has 0 unspecified atom stereocenters. The molecule has 4 aromatic heterocycles. The summed E-state index contributed by atoms with van der Waals surface area (Å²) >= 11 is 0. The van der Waals surface area contributed by atoms with E-state index in [2.05, 4.69) is 47.5 Å². The van der Waals surface area contributed by atoms with Crippen molar-refractivity contribution >= 4 is 45.3 Å². The number of ketones is 1. The van der Waals surface area contributed by atoms with Crippen molar-refractivity contribution in [2.24, 2.45) is 0 Å². The molecule has 1 saturated carbocycles. The number of nitrogens with zero attached hydrogens (tertiary/aromatic N) is 9. The Morgan fingerprint density at radius 2 is 1.79 bits per heavy atom. The van der Waals surface area contributed by atoms with Crippen molar-refractivity contribution < 1.29 is 4.79 Å². The van der Waals surface area contributed by atoms with Gasteiger partial charge in [-0.05, 0) is 56.5 Å². The van der Waals surface area contributed by atoms with E-state index < -0.39 is 0 Å². The minimum absolute atomic E-state index is 0.0323. The Kier molecular flexibility index (Phi) is 7.05. The number of carbonyl (C=O) groups is 1. The first-order valence-corrected chi connectivity index (χ1v) is 14.9. The number of hydrogen-bond donors (Lipinski definition) is 1. The van der Waals surface area contributed by atoms with Gasteiger partial charge in [-0.3, -0.25) is 19.1 Å². The highest BCUT2D eigenvalue weighted by Gasteiger charge is 2.26. The van der Waals surface area contributed by atoms with Gasteiger partial charge in [0.15, 0.2) is 5.78 Å². The summed E-state index contributed by atoms with van der Waals surface area (Å²) in [6, 6.07) is 12.0. The van der Waals surface area contributed by atoms with Crippen LogP contribution in [0.15, 0.2) is 53.6 Å². The second-order valence-electron chi connectivity index (χ2n) is 11.5. The Balaban J connectivity index is 1.06. The van der Waals surface area contributed by atoms with E-state index in [0.29, 0.717) is 29.6 Å². The zero-order valence-electron chi connectivity index (χ0n) is 24.4. The van der Waals surface area contributed by atoms with Crippen molar-refractivity contribution in [1.82, 2.24) is 39.4 Å². The smallest absolute Gasteiger partial charge is 0.263 e. The summed E-state index contributed by atoms with van der Waals surface area (Å²) in [7, 11) is 0. The van der Waals surface area contributed by atoms with Crippen LogP contribution in [-0.2, 0) is 6.67 Å². The van der Waals surface area contributed by atoms with Crippen LogP contribution < -0.4 is 15.8 Å². The van der Waals surface area contributed by atoms with E-state index in [0.717, 1.165) is 74.0 Å². The molecule has 220 valence electrons. The van der Waals surface area contributed by atoms with Gasteiger partial charge in [-0.25, -0.2) is 14.6 Å². The molecule has 0 radical (unpaired) electrons. The Morgan fingerprint density at radius 3 is 2.53 bits per heavy atom. The summed E-state index contributed by atoms with van der Waals surface area (Å²) < 4.78 is 3.68. The summed E-state index contributed by atoms with van der Waals surface area (Å²) in [6.45, 7) is 7.54. The summed E-state index contributed by atoms with van der Waals surface area (Å²) in [5.41, 5.74) is 4.18. The number of Topliss-reactive ketones (excluding diaryl/α,β-unsaturated/α-hetero) is 1. The van der Waals surface area contributed by atoms with Crippen LogP contribution in [0.4, 0.5) is 17.5 Å². The Labute approximate surface area is 248 Å². The molecule has 0 bridgehead atoms. The number of carbonyl (C=O) groups excluding carboxylic acids is 1. The van der Waals surface area contributed by atoms with Crippen LogP contribution in [0.5, 0.6) is 0 Å². The lowest BCUT2D eigenvalue weighted by Crippen LogP contribution is -2.47. The molecule has 2 fully saturated rings. The minimum Gasteiger partial charge on any atom is -0.368 e. The molecular formula is C31H34N10O2. The Morgan fingerprint density at radius 1 is 1.00 bits per heavy atom. The Bertz CT molecular complexity index is 1870. The number of pyridine rings is 2. The molecule has 5 heterocycles. The van der Waals surface area contributed by atoms with E-state index in [9.17, 15) is 9.59 Å². The van der Waals surface area contributed by atoms with Crippen molar-refractivity contribution in [3.8, 4) is 0 Å². The molecule has 7 rings (SSSR count). The number of anilines is 3. The molecule has 12 nitrogen and oxygen atoms in total. The molecular weight excluding hydrogens is 544 g/mol. The molecule has 43 heavy (non-hydrogen) atoms. The largest absolute Gasteiger partial charge is 0.368 e. The van der Waals surface area contributed by atoms with E-state index in [-0.39, 0.29) is 22.9 Å². The third-order valence-corrected chi connectivity index (χ3v) is 8.73. The Hall–Kier alpha value is -4.71. The van der Waals surface area contributed by atoms with Gasteiger partial charge >= 0.3 is 0 Å². The summed E-state index contributed by atoms with van der Waals surface area (Å²) in [4.78, 5) is 44.5. The van der Waals surface area contributed by atoms with Crippen LogP contribution in [0.3, 0.4) is 0 Å². The summed E-state index contributed by atoms with van der Waals surface area (Å²) in [5.74, 6) is 0.752. The molecule has 1 saturated heterocycles. The van der Waals surface area contributed by atoms with Crippen LogP contribution in [0, 0.1) is 6.92 Å². The molecule has 1 aromatic carbocycles. The van der Waals surface area contributed by atoms with Gasteiger partial charge in [0, 0.05) is 43.8 Å². The zero-order valence-corrected chi connectivity index (χ0v) is 24.4. The maximum Gasteiger partial charge on any atom is 0.263 e. The molecule has 1 aliphatic heterocycles. The normalized spacial score (nSPS) is 16.4. The predicted octanol–water partition coefficient (Wildman–Crippen LogP) is 4.08. The molecule has 2 aliphatic rings. The van der Waals surface area contributed by atoms with E-state index >= 15 is 0 Å². The van der Waals surface area contributed by atoms with Gasteiger partial charge in [-0.2, -0.15) is 4.98 Å². The molecule has 1 N–H and O–H groups in total. The van der Waals surface area contributed by atoms with Crippen LogP contribution in [-0.4, -0.2) is 71.4 Å². The van der Waals surface area contributed by atoms with E-state index in [1.54, 1.807) is 17.7 Å². The first-order chi connectivity index (χ1) is 21.0. The van der Waals surface area contributed by atoms with Crippen molar-refractivity contribution in [2.75, 3.05) is 36.4 Å². The number of piperazine rings is 1. The van der Waals surface area contributed by atoms with Gasteiger partial charge in [0.1, 0.15) is 17.0 Å². The van der Waals surface area contributed by atoms with Crippen molar-refractivity contribution in [1.29, 1.82) is 0 Å². The average Bonchev–Trinajstić information content (AvgIpc) is 3.69. The number of fused-ring (bicyclic) bond motifs is 2. The maximum absolute atomic E-state index is 13.5. The van der Waals surface area contributed by atoms with Crippen LogP contribution >= 0.6 is 0 Å². The number of aryl methyl sites for hydroxylation is 1. The number of nitrogens with one attached hydrogen (secondary N) is 1. The van der Waals surface area contributed by atoms with E-state index in [1.165, 1.54) is 6.92 Å². The fraction of sp³-hybridized carbons (Fsp3) is 0.387. The van der Waals surface area contributed by atoms with Crippen LogP contribution in [0.1, 0.15) is 54.6 Å². The molecule has 5 aromatic rings. The van der Waals surface area contributed by atoms with Gasteiger partial charge in [0.2, 0.25) is 5.95 Å². The third kappa shape index (κ3) is 5.11. The van der Waals surface area contributed by atoms with Gasteiger partial charge in [-0.15, -0.1) is 5.10 Å². The third-order valence-electron chi connectivity index (χ3n) is 8.73. The van der Waals surface area contributed by atoms with Crippen LogP contribution in [0.2, 0.25) is 0 Å². The lowest BCUT2D eigenvalue weighted by atomic mass is 10.0. The van der Waals surface area contributed by atoms with Gasteiger partial charge in [-0.1, -0.05) is 30.2 Å². The summed E-state index contributed by atoms with van der Waals surface area (Å²) in [6.07, 6.45) is 7.48. The molecule has 1 aliphatic carbocycles. The zero-order chi connectivity index (χ0) is 29.5. The highest BCUT2D eigenvalue weighted by molar-refractivity contribution is 5.99. The SMILES string of the molecule is CC(=O)c1c(C)c2cnc(Nc3ccc(N4CCN(Cn5nnc6ccccc65)CC4)cn3)nc2n(C2CCCC2)c1=O. The average molecular weight is 579 g/mol. The first-order valence-electron chi connectivity index (χ1n) is 14.9. The number of hydrogen-bond acceptors (Lipinski definition) is 10. The second kappa shape index (κ2) is 11.2. The van der Waals surface area contributed by atoms with Crippen LogP contribution in [0.25, 0.3) is 22.1 Å². The highest BCUT2D eigenvalue weighted by Crippen LogP contribution is 2.32. The highest BCUT2D eigenvalue weighted by atomic mass is 16.1. The fourth-order valence-corrected chi connectivity index (χ4v) is 6.43. The lowest BCUT2D eigenvalue weighted by molar-refractivity contribution is 0.101. The minimum atomic E-state index is -0.258. The number of benzene rings is 1. The lowest BCUT2D eigenvalue weighted by Gasteiger charge is -2.35. The quantitative estimate of drug-likeness (QED) is 0.282. The van der Waals surface area contributed by atoms with Crippen molar-refractivity contribution in [3.63, 3.8) is 0 Å². The first kappa shape index (κ1) is 27.1. The number of rotatable bonds is 7. The monoisotopic (exact) mass is 578 g/mol. The fourth-order valence-electron chi connectivity index (χ4n) is 6.43. The van der Waals surface area contributed by atoms with Gasteiger partial charge < -0.3 is 10.2 Å². The summed E-state index contributed by atoms with van der Waals surface area (Å²) in [5, 5.41) is 12.5. The second-order valence-corrected chi connectivity index (χ2v) is 11.5.